The molecule has 0 aliphatic rings. The molecule has 2 radical (unpaired) electrons. The molecule has 0 bridgehead atoms. The SMILES string of the molecule is C=C(C)C(=O)OC(OC)(OC)[Si]CC. The monoisotopic (exact) mass is 216 g/mol. The fraction of sp³-hybridized carbons (Fsp3) is 0.667. The van der Waals surface area contributed by atoms with Gasteiger partial charge in [-0.3, -0.25) is 0 Å². The van der Waals surface area contributed by atoms with Crippen molar-refractivity contribution in [1.82, 2.24) is 0 Å². The summed E-state index contributed by atoms with van der Waals surface area (Å²) in [6.07, 6.45) is 0. The maximum Gasteiger partial charge on any atom is 0.337 e. The van der Waals surface area contributed by atoms with Crippen LogP contribution in [0, 0.1) is 0 Å². The van der Waals surface area contributed by atoms with Gasteiger partial charge < -0.3 is 14.2 Å². The predicted molar refractivity (Wildman–Crippen MR) is 53.9 cm³/mol. The van der Waals surface area contributed by atoms with Gasteiger partial charge in [-0.2, -0.15) is 0 Å². The Balaban J connectivity index is 4.49. The van der Waals surface area contributed by atoms with Crippen molar-refractivity contribution in [3.8, 4) is 0 Å². The van der Waals surface area contributed by atoms with Gasteiger partial charge in [-0.25, -0.2) is 4.79 Å². The molecule has 0 spiro atoms. The molecule has 0 atom stereocenters. The van der Waals surface area contributed by atoms with Gasteiger partial charge in [-0.1, -0.05) is 19.5 Å². The quantitative estimate of drug-likeness (QED) is 0.289. The Morgan fingerprint density at radius 1 is 1.43 bits per heavy atom. The highest BCUT2D eigenvalue weighted by Gasteiger charge is 2.34. The van der Waals surface area contributed by atoms with Crippen LogP contribution in [0.5, 0.6) is 0 Å². The summed E-state index contributed by atoms with van der Waals surface area (Å²) in [6.45, 7) is 7.02. The van der Waals surface area contributed by atoms with Crippen LogP contribution in [0.15, 0.2) is 12.2 Å². The van der Waals surface area contributed by atoms with Crippen LogP contribution in [-0.2, 0) is 19.0 Å². The zero-order valence-corrected chi connectivity index (χ0v) is 10.0. The van der Waals surface area contributed by atoms with Crippen molar-refractivity contribution in [3.63, 3.8) is 0 Å². The van der Waals surface area contributed by atoms with E-state index < -0.39 is 11.6 Å². The number of methoxy groups -OCH3 is 2. The molecule has 0 aromatic carbocycles. The van der Waals surface area contributed by atoms with Gasteiger partial charge in [0.2, 0.25) is 0 Å². The van der Waals surface area contributed by atoms with Gasteiger partial charge in [0.05, 0.1) is 0 Å². The van der Waals surface area contributed by atoms with E-state index in [4.69, 9.17) is 14.2 Å². The lowest BCUT2D eigenvalue weighted by atomic mass is 10.4. The van der Waals surface area contributed by atoms with Crippen molar-refractivity contribution >= 4 is 15.5 Å². The Morgan fingerprint density at radius 3 is 2.21 bits per heavy atom. The largest absolute Gasteiger partial charge is 0.410 e. The average molecular weight is 216 g/mol. The third kappa shape index (κ3) is 3.61. The van der Waals surface area contributed by atoms with Crippen molar-refractivity contribution in [1.29, 1.82) is 0 Å². The number of esters is 1. The van der Waals surface area contributed by atoms with Crippen LogP contribution in [0.25, 0.3) is 0 Å². The first-order chi connectivity index (χ1) is 6.51. The molecule has 0 unspecified atom stereocenters. The van der Waals surface area contributed by atoms with Gasteiger partial charge >= 0.3 is 5.97 Å². The zero-order chi connectivity index (χ0) is 11.2. The Kier molecular flexibility index (Phi) is 5.67. The Labute approximate surface area is 87.0 Å². The molecule has 0 amide bonds. The number of carbonyl (C=O) groups excluding carboxylic acids is 1. The highest BCUT2D eigenvalue weighted by molar-refractivity contribution is 6.38. The van der Waals surface area contributed by atoms with Crippen LogP contribution in [0.4, 0.5) is 0 Å². The molecule has 0 saturated heterocycles. The second-order valence-corrected chi connectivity index (χ2v) is 4.34. The van der Waals surface area contributed by atoms with Crippen LogP contribution in [0.1, 0.15) is 13.8 Å². The van der Waals surface area contributed by atoms with Crippen molar-refractivity contribution in [3.05, 3.63) is 12.2 Å². The minimum Gasteiger partial charge on any atom is -0.410 e. The molecule has 0 aliphatic carbocycles. The molecule has 0 N–H and O–H groups in total. The van der Waals surface area contributed by atoms with Crippen molar-refractivity contribution in [2.75, 3.05) is 14.2 Å². The fourth-order valence-corrected chi connectivity index (χ4v) is 1.66. The summed E-state index contributed by atoms with van der Waals surface area (Å²) >= 11 is 0. The van der Waals surface area contributed by atoms with Crippen LogP contribution >= 0.6 is 0 Å². The Bertz CT molecular complexity index is 211. The van der Waals surface area contributed by atoms with Gasteiger partial charge in [0, 0.05) is 19.8 Å². The van der Waals surface area contributed by atoms with E-state index in [2.05, 4.69) is 6.58 Å². The van der Waals surface area contributed by atoms with Gasteiger partial charge in [0.25, 0.3) is 5.60 Å². The third-order valence-corrected chi connectivity index (χ3v) is 2.80. The molecular weight excluding hydrogens is 200 g/mol. The smallest absolute Gasteiger partial charge is 0.337 e. The highest BCUT2D eigenvalue weighted by Crippen LogP contribution is 2.15. The summed E-state index contributed by atoms with van der Waals surface area (Å²) in [5.74, 6) is -0.505. The topological polar surface area (TPSA) is 44.8 Å². The molecule has 80 valence electrons. The first-order valence-electron chi connectivity index (χ1n) is 4.25. The molecule has 0 saturated carbocycles. The van der Waals surface area contributed by atoms with E-state index in [1.54, 1.807) is 6.92 Å². The van der Waals surface area contributed by atoms with Gasteiger partial charge in [0.15, 0.2) is 9.52 Å². The van der Waals surface area contributed by atoms with Crippen molar-refractivity contribution in [2.24, 2.45) is 0 Å². The van der Waals surface area contributed by atoms with Crippen molar-refractivity contribution in [2.45, 2.75) is 25.5 Å². The lowest BCUT2D eigenvalue weighted by Gasteiger charge is -2.29. The third-order valence-electron chi connectivity index (χ3n) is 1.51. The molecule has 0 aromatic heterocycles. The molecule has 0 aliphatic heterocycles. The second kappa shape index (κ2) is 5.95. The van der Waals surface area contributed by atoms with E-state index >= 15 is 0 Å². The maximum atomic E-state index is 11.3. The van der Waals surface area contributed by atoms with Crippen molar-refractivity contribution < 1.29 is 19.0 Å². The van der Waals surface area contributed by atoms with E-state index in [0.29, 0.717) is 5.57 Å². The van der Waals surface area contributed by atoms with E-state index in [-0.39, 0.29) is 9.52 Å². The minimum absolute atomic E-state index is 0.233. The van der Waals surface area contributed by atoms with E-state index in [9.17, 15) is 4.79 Å². The molecule has 0 fully saturated rings. The first kappa shape index (κ1) is 13.3. The number of carbonyl (C=O) groups is 1. The molecule has 0 aromatic rings. The van der Waals surface area contributed by atoms with Gasteiger partial charge in [-0.05, 0) is 6.92 Å². The van der Waals surface area contributed by atoms with Crippen LogP contribution in [0.2, 0.25) is 6.04 Å². The fourth-order valence-electron chi connectivity index (χ4n) is 0.773. The van der Waals surface area contributed by atoms with E-state index in [1.165, 1.54) is 14.2 Å². The van der Waals surface area contributed by atoms with E-state index in [1.807, 2.05) is 6.92 Å². The molecule has 14 heavy (non-hydrogen) atoms. The normalized spacial score (nSPS) is 11.1. The summed E-state index contributed by atoms with van der Waals surface area (Å²) in [4.78, 5) is 11.3. The summed E-state index contributed by atoms with van der Waals surface area (Å²) in [7, 11) is 3.12. The summed E-state index contributed by atoms with van der Waals surface area (Å²) in [6, 6.07) is 0.811. The highest BCUT2D eigenvalue weighted by atomic mass is 28.2. The summed E-state index contributed by atoms with van der Waals surface area (Å²) in [5.41, 5.74) is -0.922. The van der Waals surface area contributed by atoms with Crippen LogP contribution < -0.4 is 0 Å². The minimum atomic E-state index is -1.25. The molecule has 4 nitrogen and oxygen atoms in total. The standard InChI is InChI=1S/C9H16O4Si/c1-6-14-9(11-4,12-5)13-8(10)7(2)3/h2,6H2,1,3-5H3. The number of hydrogen-bond acceptors (Lipinski definition) is 4. The Morgan fingerprint density at radius 2 is 1.93 bits per heavy atom. The maximum absolute atomic E-state index is 11.3. The Hall–Kier alpha value is -0.653. The summed E-state index contributed by atoms with van der Waals surface area (Å²) in [5, 5.41) is 0. The first-order valence-corrected chi connectivity index (χ1v) is 5.46. The molecule has 0 rings (SSSR count). The van der Waals surface area contributed by atoms with Crippen LogP contribution in [-0.4, -0.2) is 35.3 Å². The lowest BCUT2D eigenvalue weighted by Crippen LogP contribution is -2.45. The molecular formula is C9H16O4Si. The molecule has 5 heteroatoms. The van der Waals surface area contributed by atoms with Crippen LogP contribution in [0.3, 0.4) is 0 Å². The number of rotatable bonds is 6. The number of hydrogen-bond donors (Lipinski definition) is 0. The second-order valence-electron chi connectivity index (χ2n) is 2.66. The lowest BCUT2D eigenvalue weighted by molar-refractivity contribution is -0.289. The average Bonchev–Trinajstić information content (AvgIpc) is 2.16. The number of ether oxygens (including phenoxy) is 3. The van der Waals surface area contributed by atoms with Gasteiger partial charge in [0.1, 0.15) is 0 Å². The summed E-state index contributed by atoms with van der Waals surface area (Å²) < 4.78 is 15.2. The molecule has 0 heterocycles. The predicted octanol–water partition coefficient (Wildman–Crippen LogP) is 1.15. The van der Waals surface area contributed by atoms with Gasteiger partial charge in [-0.15, -0.1) is 0 Å². The zero-order valence-electron chi connectivity index (χ0n) is 9.05. The van der Waals surface area contributed by atoms with E-state index in [0.717, 1.165) is 6.04 Å².